The minimum Gasteiger partial charge on any atom is -0.385 e. The van der Waals surface area contributed by atoms with E-state index in [2.05, 4.69) is 12.8 Å². The van der Waals surface area contributed by atoms with Crippen LogP contribution in [0, 0.1) is 5.92 Å². The lowest BCUT2D eigenvalue weighted by atomic mass is 10.0. The Hall–Kier alpha value is 0.270. The summed E-state index contributed by atoms with van der Waals surface area (Å²) in [4.78, 5) is 0. The van der Waals surface area contributed by atoms with Gasteiger partial charge in [-0.05, 0) is 12.3 Å². The monoisotopic (exact) mass is 177 g/mol. The first-order valence-electron chi connectivity index (χ1n) is 4.25. The molecule has 3 heteroatoms. The van der Waals surface area contributed by atoms with Crippen LogP contribution in [0.4, 0.5) is 0 Å². The highest BCUT2D eigenvalue weighted by Crippen LogP contribution is 2.19. The third kappa shape index (κ3) is 4.67. The Bertz CT molecular complexity index is 84.2. The number of ether oxygens (including phenoxy) is 1. The van der Waals surface area contributed by atoms with Crippen LogP contribution in [-0.4, -0.2) is 31.1 Å². The van der Waals surface area contributed by atoms with Crippen LogP contribution in [-0.2, 0) is 4.74 Å². The summed E-state index contributed by atoms with van der Waals surface area (Å²) >= 11 is 4.16. The molecule has 0 aliphatic carbocycles. The Kier molecular flexibility index (Phi) is 7.12. The highest BCUT2D eigenvalue weighted by atomic mass is 32.1. The predicted octanol–water partition coefficient (Wildman–Crippen LogP) is 1.83. The van der Waals surface area contributed by atoms with Gasteiger partial charge < -0.3 is 4.74 Å². The van der Waals surface area contributed by atoms with E-state index in [4.69, 9.17) is 4.74 Å². The molecule has 0 saturated carbocycles. The van der Waals surface area contributed by atoms with E-state index in [1.807, 2.05) is 18.2 Å². The quantitative estimate of drug-likeness (QED) is 0.660. The van der Waals surface area contributed by atoms with Gasteiger partial charge in [0, 0.05) is 26.8 Å². The van der Waals surface area contributed by atoms with Crippen LogP contribution in [0.2, 0.25) is 0 Å². The second-order valence-corrected chi connectivity index (χ2v) is 3.08. The molecule has 0 unspecified atom stereocenters. The summed E-state index contributed by atoms with van der Waals surface area (Å²) in [6.07, 6.45) is 1.19. The first kappa shape index (κ1) is 11.3. The normalized spacial score (nSPS) is 18.5. The van der Waals surface area contributed by atoms with Gasteiger partial charge in [-0.1, -0.05) is 26.7 Å². The van der Waals surface area contributed by atoms with Crippen molar-refractivity contribution in [1.82, 2.24) is 4.31 Å². The number of thiol groups is 1. The van der Waals surface area contributed by atoms with Crippen molar-refractivity contribution < 1.29 is 4.74 Å². The fourth-order valence-corrected chi connectivity index (χ4v) is 1.47. The maximum Gasteiger partial charge on any atom is 0.0465 e. The van der Waals surface area contributed by atoms with Gasteiger partial charge in [-0.25, -0.2) is 0 Å². The molecule has 11 heavy (non-hydrogen) atoms. The van der Waals surface area contributed by atoms with Crippen molar-refractivity contribution in [2.24, 2.45) is 5.92 Å². The van der Waals surface area contributed by atoms with Crippen LogP contribution in [0.15, 0.2) is 0 Å². The second-order valence-electron chi connectivity index (χ2n) is 2.52. The van der Waals surface area contributed by atoms with Crippen LogP contribution in [0.5, 0.6) is 0 Å². The lowest BCUT2D eigenvalue weighted by Gasteiger charge is -2.34. The minimum absolute atomic E-state index is 0.836. The van der Waals surface area contributed by atoms with E-state index in [0.29, 0.717) is 0 Å². The molecule has 0 spiro atoms. The zero-order chi connectivity index (χ0) is 8.69. The molecular weight excluding hydrogens is 158 g/mol. The maximum atomic E-state index is 4.94. The summed E-state index contributed by atoms with van der Waals surface area (Å²) < 4.78 is 6.97. The van der Waals surface area contributed by atoms with Gasteiger partial charge >= 0.3 is 0 Å². The van der Waals surface area contributed by atoms with E-state index in [-0.39, 0.29) is 0 Å². The molecule has 68 valence electrons. The Morgan fingerprint density at radius 1 is 1.45 bits per heavy atom. The molecular formula is C8H19NOS. The first-order valence-corrected chi connectivity index (χ1v) is 4.65. The molecule has 0 bridgehead atoms. The molecule has 0 atom stereocenters. The van der Waals surface area contributed by atoms with Gasteiger partial charge in [-0.15, -0.1) is 0 Å². The van der Waals surface area contributed by atoms with E-state index >= 15 is 0 Å². The lowest BCUT2D eigenvalue weighted by molar-refractivity contribution is 0.133. The molecule has 2 nitrogen and oxygen atoms in total. The molecule has 0 aromatic carbocycles. The molecule has 1 rings (SSSR count). The summed E-state index contributed by atoms with van der Waals surface area (Å²) in [5, 5.41) is 0. The highest BCUT2D eigenvalue weighted by molar-refractivity contribution is 7.77. The van der Waals surface area contributed by atoms with Crippen molar-refractivity contribution in [2.45, 2.75) is 20.3 Å². The molecule has 0 aromatic heterocycles. The van der Waals surface area contributed by atoms with Gasteiger partial charge in [0.2, 0.25) is 0 Å². The third-order valence-corrected chi connectivity index (χ3v) is 1.99. The molecule has 0 amide bonds. The first-order chi connectivity index (χ1) is 5.33. The molecule has 1 aliphatic heterocycles. The zero-order valence-corrected chi connectivity index (χ0v) is 8.60. The van der Waals surface area contributed by atoms with Crippen LogP contribution >= 0.6 is 12.8 Å². The molecule has 1 aliphatic rings. The second kappa shape index (κ2) is 6.95. The van der Waals surface area contributed by atoms with Crippen molar-refractivity contribution in [2.75, 3.05) is 26.8 Å². The molecule has 1 fully saturated rings. The average Bonchev–Trinajstić information content (AvgIpc) is 2.00. The Morgan fingerprint density at radius 3 is 2.36 bits per heavy atom. The summed E-state index contributed by atoms with van der Waals surface area (Å²) in [7, 11) is 1.75. The van der Waals surface area contributed by atoms with E-state index in [9.17, 15) is 0 Å². The van der Waals surface area contributed by atoms with Crippen LogP contribution in [0.1, 0.15) is 20.3 Å². The number of hydrogen-bond acceptors (Lipinski definition) is 3. The number of methoxy groups -OCH3 is 1. The van der Waals surface area contributed by atoms with Crippen LogP contribution < -0.4 is 0 Å². The SMILES string of the molecule is CC.COCCC1CN(S)C1. The molecule has 0 radical (unpaired) electrons. The van der Waals surface area contributed by atoms with Gasteiger partial charge in [0.15, 0.2) is 0 Å². The topological polar surface area (TPSA) is 12.5 Å². The van der Waals surface area contributed by atoms with Gasteiger partial charge in [-0.3, -0.25) is 4.31 Å². The zero-order valence-electron chi connectivity index (χ0n) is 7.71. The third-order valence-electron chi connectivity index (χ3n) is 1.67. The standard InChI is InChI=1S/C6H13NOS.C2H6/c1-8-3-2-6-4-7(9)5-6;1-2/h6,9H,2-5H2,1H3;1-2H3. The summed E-state index contributed by atoms with van der Waals surface area (Å²) in [5.41, 5.74) is 0. The molecule has 1 heterocycles. The van der Waals surface area contributed by atoms with Gasteiger partial charge in [0.1, 0.15) is 0 Å². The van der Waals surface area contributed by atoms with Gasteiger partial charge in [-0.2, -0.15) is 0 Å². The van der Waals surface area contributed by atoms with Crippen molar-refractivity contribution in [3.8, 4) is 0 Å². The lowest BCUT2D eigenvalue weighted by Crippen LogP contribution is -2.40. The average molecular weight is 177 g/mol. The largest absolute Gasteiger partial charge is 0.385 e. The maximum absolute atomic E-state index is 4.94. The Labute approximate surface area is 75.5 Å². The molecule has 1 saturated heterocycles. The predicted molar refractivity (Wildman–Crippen MR) is 51.9 cm³/mol. The van der Waals surface area contributed by atoms with E-state index in [1.54, 1.807) is 7.11 Å². The fourth-order valence-electron chi connectivity index (χ4n) is 1.01. The van der Waals surface area contributed by atoms with E-state index < -0.39 is 0 Å². The smallest absolute Gasteiger partial charge is 0.0465 e. The van der Waals surface area contributed by atoms with Crippen LogP contribution in [0.25, 0.3) is 0 Å². The Balaban J connectivity index is 0.000000461. The number of rotatable bonds is 3. The fraction of sp³-hybridized carbons (Fsp3) is 1.00. The highest BCUT2D eigenvalue weighted by Gasteiger charge is 2.22. The number of hydrogen-bond donors (Lipinski definition) is 1. The number of nitrogens with zero attached hydrogens (tertiary/aromatic N) is 1. The van der Waals surface area contributed by atoms with E-state index in [1.165, 1.54) is 6.42 Å². The van der Waals surface area contributed by atoms with Crippen molar-refractivity contribution in [1.29, 1.82) is 0 Å². The summed E-state index contributed by atoms with van der Waals surface area (Å²) in [6, 6.07) is 0. The van der Waals surface area contributed by atoms with E-state index in [0.717, 1.165) is 25.6 Å². The summed E-state index contributed by atoms with van der Waals surface area (Å²) in [5.74, 6) is 0.836. The molecule has 0 aromatic rings. The van der Waals surface area contributed by atoms with Crippen LogP contribution in [0.3, 0.4) is 0 Å². The van der Waals surface area contributed by atoms with Crippen molar-refractivity contribution in [3.05, 3.63) is 0 Å². The van der Waals surface area contributed by atoms with Gasteiger partial charge in [0.05, 0.1) is 0 Å². The van der Waals surface area contributed by atoms with Crippen molar-refractivity contribution >= 4 is 12.8 Å². The molecule has 0 N–H and O–H groups in total. The minimum atomic E-state index is 0.836. The Morgan fingerprint density at radius 2 is 2.00 bits per heavy atom. The van der Waals surface area contributed by atoms with Crippen molar-refractivity contribution in [3.63, 3.8) is 0 Å². The summed E-state index contributed by atoms with van der Waals surface area (Å²) in [6.45, 7) is 7.16. The van der Waals surface area contributed by atoms with Gasteiger partial charge in [0.25, 0.3) is 0 Å².